The molecule has 1 unspecified atom stereocenters. The van der Waals surface area contributed by atoms with Gasteiger partial charge in [0, 0.05) is 5.92 Å². The van der Waals surface area contributed by atoms with Crippen LogP contribution in [0.2, 0.25) is 0 Å². The summed E-state index contributed by atoms with van der Waals surface area (Å²) < 4.78 is 13.8. The number of halogens is 1. The number of carbonyl (C=O) groups excluding carboxylic acids is 2. The molecule has 2 rings (SSSR count). The van der Waals surface area contributed by atoms with E-state index in [0.29, 0.717) is 4.90 Å². The number of hydrogen-bond acceptors (Lipinski definition) is 2. The highest BCUT2D eigenvalue weighted by molar-refractivity contribution is 6.21. The Hall–Kier alpha value is -1.71. The second kappa shape index (κ2) is 3.70. The Morgan fingerprint density at radius 3 is 1.88 bits per heavy atom. The lowest BCUT2D eigenvalue weighted by molar-refractivity contribution is 0.0309. The SMILES string of the molecule is CC(C)C(F)N1C(=O)c2ccccc2C1=O. The number of benzene rings is 1. The van der Waals surface area contributed by atoms with Gasteiger partial charge in [0.25, 0.3) is 11.8 Å². The molecule has 3 nitrogen and oxygen atoms in total. The molecular formula is C12H12FNO2. The minimum absolute atomic E-state index is 0.288. The summed E-state index contributed by atoms with van der Waals surface area (Å²) >= 11 is 0. The molecular weight excluding hydrogens is 209 g/mol. The van der Waals surface area contributed by atoms with Crippen molar-refractivity contribution in [1.82, 2.24) is 4.90 Å². The minimum atomic E-state index is -1.56. The summed E-state index contributed by atoms with van der Waals surface area (Å²) in [4.78, 5) is 24.3. The predicted octanol–water partition coefficient (Wildman–Crippen LogP) is 2.23. The number of imide groups is 1. The Morgan fingerprint density at radius 1 is 1.06 bits per heavy atom. The molecule has 2 amide bonds. The number of carbonyl (C=O) groups is 2. The molecule has 0 spiro atoms. The summed E-state index contributed by atoms with van der Waals surface area (Å²) in [7, 11) is 0. The van der Waals surface area contributed by atoms with Crippen molar-refractivity contribution in [2.45, 2.75) is 20.1 Å². The standard InChI is InChI=1S/C12H12FNO2/c1-7(2)10(13)14-11(15)8-5-3-4-6-9(8)12(14)16/h3-7,10H,1-2H3. The van der Waals surface area contributed by atoms with Gasteiger partial charge in [-0.3, -0.25) is 9.59 Å². The van der Waals surface area contributed by atoms with Crippen LogP contribution in [0.5, 0.6) is 0 Å². The van der Waals surface area contributed by atoms with Crippen LogP contribution in [0, 0.1) is 5.92 Å². The van der Waals surface area contributed by atoms with Crippen LogP contribution in [-0.4, -0.2) is 23.0 Å². The highest BCUT2D eigenvalue weighted by atomic mass is 19.1. The van der Waals surface area contributed by atoms with Crippen LogP contribution in [0.15, 0.2) is 24.3 Å². The van der Waals surface area contributed by atoms with E-state index in [1.54, 1.807) is 38.1 Å². The number of amides is 2. The molecule has 1 aromatic rings. The first kappa shape index (κ1) is 10.8. The van der Waals surface area contributed by atoms with E-state index in [4.69, 9.17) is 0 Å². The van der Waals surface area contributed by atoms with Gasteiger partial charge >= 0.3 is 0 Å². The Balaban J connectivity index is 2.43. The van der Waals surface area contributed by atoms with E-state index in [9.17, 15) is 14.0 Å². The number of hydrogen-bond donors (Lipinski definition) is 0. The number of nitrogens with zero attached hydrogens (tertiary/aromatic N) is 1. The normalized spacial score (nSPS) is 16.9. The van der Waals surface area contributed by atoms with E-state index in [-0.39, 0.29) is 11.1 Å². The van der Waals surface area contributed by atoms with Crippen molar-refractivity contribution in [2.24, 2.45) is 5.92 Å². The fourth-order valence-electron chi connectivity index (χ4n) is 1.73. The monoisotopic (exact) mass is 221 g/mol. The van der Waals surface area contributed by atoms with E-state index in [2.05, 4.69) is 0 Å². The highest BCUT2D eigenvalue weighted by Crippen LogP contribution is 2.27. The summed E-state index contributed by atoms with van der Waals surface area (Å²) in [5.74, 6) is -1.48. The third-order valence-corrected chi connectivity index (χ3v) is 2.62. The van der Waals surface area contributed by atoms with Gasteiger partial charge in [-0.05, 0) is 12.1 Å². The van der Waals surface area contributed by atoms with Gasteiger partial charge in [-0.15, -0.1) is 0 Å². The van der Waals surface area contributed by atoms with E-state index < -0.39 is 24.0 Å². The van der Waals surface area contributed by atoms with Crippen LogP contribution in [0.25, 0.3) is 0 Å². The van der Waals surface area contributed by atoms with E-state index in [1.807, 2.05) is 0 Å². The van der Waals surface area contributed by atoms with Crippen LogP contribution < -0.4 is 0 Å². The maximum atomic E-state index is 13.8. The zero-order valence-electron chi connectivity index (χ0n) is 9.11. The van der Waals surface area contributed by atoms with Gasteiger partial charge in [-0.25, -0.2) is 9.29 Å². The van der Waals surface area contributed by atoms with Gasteiger partial charge in [0.1, 0.15) is 0 Å². The quantitative estimate of drug-likeness (QED) is 0.567. The molecule has 1 heterocycles. The van der Waals surface area contributed by atoms with Crippen molar-refractivity contribution >= 4 is 11.8 Å². The fraction of sp³-hybridized carbons (Fsp3) is 0.333. The number of fused-ring (bicyclic) bond motifs is 1. The number of alkyl halides is 1. The lowest BCUT2D eigenvalue weighted by Crippen LogP contribution is -2.40. The van der Waals surface area contributed by atoms with E-state index in [1.165, 1.54) is 0 Å². The molecule has 84 valence electrons. The van der Waals surface area contributed by atoms with Gasteiger partial charge in [0.2, 0.25) is 0 Å². The minimum Gasteiger partial charge on any atom is -0.268 e. The molecule has 1 atom stereocenters. The van der Waals surface area contributed by atoms with E-state index in [0.717, 1.165) is 0 Å². The molecule has 0 aromatic heterocycles. The zero-order chi connectivity index (χ0) is 11.9. The molecule has 0 saturated heterocycles. The van der Waals surface area contributed by atoms with Crippen molar-refractivity contribution in [3.05, 3.63) is 35.4 Å². The van der Waals surface area contributed by atoms with Crippen molar-refractivity contribution in [3.8, 4) is 0 Å². The third kappa shape index (κ3) is 1.41. The Bertz CT molecular complexity index is 421. The highest BCUT2D eigenvalue weighted by Gasteiger charge is 2.40. The largest absolute Gasteiger partial charge is 0.268 e. The summed E-state index contributed by atoms with van der Waals surface area (Å²) in [6, 6.07) is 6.41. The maximum Gasteiger partial charge on any atom is 0.263 e. The zero-order valence-corrected chi connectivity index (χ0v) is 9.11. The van der Waals surface area contributed by atoms with Gasteiger partial charge in [-0.2, -0.15) is 0 Å². The molecule has 0 radical (unpaired) electrons. The first-order valence-electron chi connectivity index (χ1n) is 5.15. The Labute approximate surface area is 92.9 Å². The van der Waals surface area contributed by atoms with Gasteiger partial charge in [-0.1, -0.05) is 26.0 Å². The molecule has 0 bridgehead atoms. The molecule has 16 heavy (non-hydrogen) atoms. The Morgan fingerprint density at radius 2 is 1.50 bits per heavy atom. The first-order chi connectivity index (χ1) is 7.54. The van der Waals surface area contributed by atoms with Crippen molar-refractivity contribution in [3.63, 3.8) is 0 Å². The summed E-state index contributed by atoms with van der Waals surface area (Å²) in [5.41, 5.74) is 0.576. The van der Waals surface area contributed by atoms with Crippen molar-refractivity contribution in [1.29, 1.82) is 0 Å². The van der Waals surface area contributed by atoms with Crippen LogP contribution in [0.3, 0.4) is 0 Å². The third-order valence-electron chi connectivity index (χ3n) is 2.62. The Kier molecular flexibility index (Phi) is 2.50. The first-order valence-corrected chi connectivity index (χ1v) is 5.15. The molecule has 1 aliphatic rings. The van der Waals surface area contributed by atoms with Crippen molar-refractivity contribution < 1.29 is 14.0 Å². The molecule has 1 aromatic carbocycles. The molecule has 0 saturated carbocycles. The number of rotatable bonds is 2. The fourth-order valence-corrected chi connectivity index (χ4v) is 1.73. The molecule has 1 aliphatic heterocycles. The van der Waals surface area contributed by atoms with Crippen LogP contribution in [0.4, 0.5) is 4.39 Å². The molecule has 0 fully saturated rings. The second-order valence-electron chi connectivity index (χ2n) is 4.14. The summed E-state index contributed by atoms with van der Waals surface area (Å²) in [6.07, 6.45) is -1.56. The summed E-state index contributed by atoms with van der Waals surface area (Å²) in [6.45, 7) is 3.27. The smallest absolute Gasteiger partial charge is 0.263 e. The van der Waals surface area contributed by atoms with Crippen LogP contribution >= 0.6 is 0 Å². The molecule has 4 heteroatoms. The van der Waals surface area contributed by atoms with Gasteiger partial charge in [0.05, 0.1) is 11.1 Å². The molecule has 0 aliphatic carbocycles. The van der Waals surface area contributed by atoms with E-state index >= 15 is 0 Å². The second-order valence-corrected chi connectivity index (χ2v) is 4.14. The van der Waals surface area contributed by atoms with Crippen molar-refractivity contribution in [2.75, 3.05) is 0 Å². The van der Waals surface area contributed by atoms with Gasteiger partial charge < -0.3 is 0 Å². The van der Waals surface area contributed by atoms with Crippen LogP contribution in [-0.2, 0) is 0 Å². The predicted molar refractivity (Wildman–Crippen MR) is 56.7 cm³/mol. The lowest BCUT2D eigenvalue weighted by Gasteiger charge is -2.21. The maximum absolute atomic E-state index is 13.8. The average Bonchev–Trinajstić information content (AvgIpc) is 2.52. The average molecular weight is 221 g/mol. The topological polar surface area (TPSA) is 37.4 Å². The molecule has 0 N–H and O–H groups in total. The van der Waals surface area contributed by atoms with Gasteiger partial charge in [0.15, 0.2) is 6.30 Å². The summed E-state index contributed by atoms with van der Waals surface area (Å²) in [5, 5.41) is 0. The van der Waals surface area contributed by atoms with Crippen LogP contribution in [0.1, 0.15) is 34.6 Å². The lowest BCUT2D eigenvalue weighted by atomic mass is 10.1.